The van der Waals surface area contributed by atoms with Crippen LogP contribution in [0.5, 0.6) is 0 Å². The van der Waals surface area contributed by atoms with Gasteiger partial charge in [-0.15, -0.1) is 11.3 Å². The highest BCUT2D eigenvalue weighted by atomic mass is 32.1. The largest absolute Gasteiger partial charge is 0.456 e. The molecule has 8 aromatic carbocycles. The van der Waals surface area contributed by atoms with E-state index in [9.17, 15) is 0 Å². The molecule has 0 fully saturated rings. The fourth-order valence-corrected chi connectivity index (χ4v) is 11.8. The average Bonchev–Trinajstić information content (AvgIpc) is 3.85. The van der Waals surface area contributed by atoms with Gasteiger partial charge in [0.15, 0.2) is 0 Å². The minimum absolute atomic E-state index is 0.0208. The smallest absolute Gasteiger partial charge is 0.333 e. The third kappa shape index (κ3) is 6.15. The van der Waals surface area contributed by atoms with Crippen molar-refractivity contribution in [2.45, 2.75) is 78.6 Å². The molecule has 0 N–H and O–H groups in total. The number of rotatable bonds is 3. The van der Waals surface area contributed by atoms with E-state index in [0.29, 0.717) is 0 Å². The predicted molar refractivity (Wildman–Crippen MR) is 282 cm³/mol. The van der Waals surface area contributed by atoms with Gasteiger partial charge in [0, 0.05) is 64.8 Å². The topological polar surface area (TPSA) is 19.6 Å². The maximum Gasteiger partial charge on any atom is 0.333 e. The third-order valence-corrected chi connectivity index (χ3v) is 15.2. The fourth-order valence-electron chi connectivity index (χ4n) is 10.6. The van der Waals surface area contributed by atoms with Crippen molar-refractivity contribution in [3.8, 4) is 22.3 Å². The first-order valence-corrected chi connectivity index (χ1v) is 23.9. The Kier molecular flexibility index (Phi) is 8.60. The Hall–Kier alpha value is -6.56. The number of benzene rings is 8. The number of para-hydroxylation sites is 1. The highest BCUT2D eigenvalue weighted by Gasteiger charge is 2.47. The van der Waals surface area contributed by atoms with Crippen LogP contribution in [-0.2, 0) is 16.2 Å². The molecule has 0 radical (unpaired) electrons. The Balaban J connectivity index is 1.27. The standard InChI is InChI=1S/C60H53BN2OS/c1-58(2,3)37-23-27-40(28-24-37)63-48-32-39(60(7,8)9)25-29-42(48)56-55-43-20-14-16-22-53(43)65-54(55)35-50-57(56)61(63)46-34-52-45(41-19-13-15-21-51(41)64-52)33-49(46)62(50)47-30-26-38(59(4,5)6)31-44(47)36-17-11-10-12-18-36/h10-35H,1-9H3. The van der Waals surface area contributed by atoms with Gasteiger partial charge in [-0.25, -0.2) is 0 Å². The molecule has 0 saturated heterocycles. The molecule has 65 heavy (non-hydrogen) atoms. The molecular formula is C60H53BN2OS. The van der Waals surface area contributed by atoms with Gasteiger partial charge >= 0.3 is 6.85 Å². The van der Waals surface area contributed by atoms with Crippen molar-refractivity contribution in [3.05, 3.63) is 174 Å². The molecule has 0 spiro atoms. The molecule has 2 aromatic heterocycles. The molecule has 0 aliphatic carbocycles. The Morgan fingerprint density at radius 3 is 1.85 bits per heavy atom. The lowest BCUT2D eigenvalue weighted by Gasteiger charge is -2.46. The Morgan fingerprint density at radius 1 is 0.462 bits per heavy atom. The van der Waals surface area contributed by atoms with Crippen LogP contribution in [0.25, 0.3) is 64.4 Å². The summed E-state index contributed by atoms with van der Waals surface area (Å²) in [5.41, 5.74) is 19.2. The maximum absolute atomic E-state index is 6.84. The van der Waals surface area contributed by atoms with E-state index in [1.54, 1.807) is 0 Å². The van der Waals surface area contributed by atoms with E-state index in [-0.39, 0.29) is 23.1 Å². The molecule has 2 aliphatic rings. The number of anilines is 5. The van der Waals surface area contributed by atoms with Crippen molar-refractivity contribution in [1.29, 1.82) is 0 Å². The second-order valence-corrected chi connectivity index (χ2v) is 22.5. The zero-order valence-corrected chi connectivity index (χ0v) is 39.6. The van der Waals surface area contributed by atoms with Gasteiger partial charge < -0.3 is 14.1 Å². The molecule has 0 saturated carbocycles. The van der Waals surface area contributed by atoms with Gasteiger partial charge in [-0.05, 0) is 116 Å². The minimum Gasteiger partial charge on any atom is -0.456 e. The maximum atomic E-state index is 6.84. The van der Waals surface area contributed by atoms with E-state index in [1.807, 2.05) is 11.3 Å². The van der Waals surface area contributed by atoms with Crippen LogP contribution in [-0.4, -0.2) is 6.85 Å². The average molecular weight is 861 g/mol. The number of hydrogen-bond donors (Lipinski definition) is 0. The highest BCUT2D eigenvalue weighted by Crippen LogP contribution is 2.54. The molecule has 10 aromatic rings. The van der Waals surface area contributed by atoms with Gasteiger partial charge in [0.2, 0.25) is 0 Å². The number of hydrogen-bond acceptors (Lipinski definition) is 4. The van der Waals surface area contributed by atoms with Crippen LogP contribution in [0.3, 0.4) is 0 Å². The van der Waals surface area contributed by atoms with Crippen molar-refractivity contribution in [2.24, 2.45) is 0 Å². The van der Waals surface area contributed by atoms with Crippen LogP contribution >= 0.6 is 11.3 Å². The molecule has 0 bridgehead atoms. The molecule has 318 valence electrons. The zero-order valence-electron chi connectivity index (χ0n) is 38.8. The molecule has 5 heteroatoms. The molecule has 3 nitrogen and oxygen atoms in total. The molecule has 0 atom stereocenters. The first-order valence-electron chi connectivity index (χ1n) is 23.1. The summed E-state index contributed by atoms with van der Waals surface area (Å²) in [6.45, 7) is 20.7. The number of nitrogens with zero attached hydrogens (tertiary/aromatic N) is 2. The fraction of sp³-hybridized carbons (Fsp3) is 0.200. The molecule has 4 heterocycles. The Morgan fingerprint density at radius 2 is 1.11 bits per heavy atom. The number of thiophene rings is 1. The molecule has 12 rings (SSSR count). The number of fused-ring (bicyclic) bond motifs is 11. The predicted octanol–water partition coefficient (Wildman–Crippen LogP) is 16.2. The minimum atomic E-state index is -0.177. The van der Waals surface area contributed by atoms with E-state index in [2.05, 4.69) is 230 Å². The summed E-state index contributed by atoms with van der Waals surface area (Å²) < 4.78 is 9.44. The van der Waals surface area contributed by atoms with Crippen molar-refractivity contribution in [1.82, 2.24) is 0 Å². The first-order chi connectivity index (χ1) is 31.1. The second kappa shape index (κ2) is 14.0. The van der Waals surface area contributed by atoms with Crippen molar-refractivity contribution in [2.75, 3.05) is 9.71 Å². The first kappa shape index (κ1) is 40.0. The molecule has 0 amide bonds. The molecule has 2 aliphatic heterocycles. The summed E-state index contributed by atoms with van der Waals surface area (Å²) in [5, 5.41) is 4.89. The lowest BCUT2D eigenvalue weighted by atomic mass is 9.43. The van der Waals surface area contributed by atoms with E-state index in [1.165, 1.54) is 92.8 Å². The van der Waals surface area contributed by atoms with Crippen LogP contribution in [0.4, 0.5) is 28.4 Å². The van der Waals surface area contributed by atoms with Crippen LogP contribution in [0.1, 0.15) is 79.0 Å². The summed E-state index contributed by atoms with van der Waals surface area (Å²) in [6, 6.07) is 59.8. The van der Waals surface area contributed by atoms with Gasteiger partial charge in [-0.3, -0.25) is 0 Å². The van der Waals surface area contributed by atoms with Gasteiger partial charge in [-0.2, -0.15) is 0 Å². The van der Waals surface area contributed by atoms with E-state index in [0.717, 1.165) is 27.6 Å². The van der Waals surface area contributed by atoms with Crippen LogP contribution in [0.15, 0.2) is 162 Å². The van der Waals surface area contributed by atoms with Gasteiger partial charge in [0.25, 0.3) is 0 Å². The van der Waals surface area contributed by atoms with Gasteiger partial charge in [-0.1, -0.05) is 159 Å². The highest BCUT2D eigenvalue weighted by molar-refractivity contribution is 7.26. The van der Waals surface area contributed by atoms with E-state index < -0.39 is 0 Å². The Bertz CT molecular complexity index is 3560. The molecular weight excluding hydrogens is 808 g/mol. The lowest BCUT2D eigenvalue weighted by Crippen LogP contribution is -2.61. The third-order valence-electron chi connectivity index (χ3n) is 14.1. The van der Waals surface area contributed by atoms with Crippen LogP contribution in [0, 0.1) is 0 Å². The summed E-state index contributed by atoms with van der Waals surface area (Å²) in [5.74, 6) is 0. The number of furan rings is 1. The SMILES string of the molecule is CC(C)(C)c1ccc(N2B3c4cc5oc6ccccc6c5cc4N(c4ccc(C(C)(C)C)cc4-c4ccccc4)c4cc5sc6ccccc6c5c(c43)-c3ccc(C(C)(C)C)cc32)cc1. The molecule has 0 unspecified atom stereocenters. The zero-order chi connectivity index (χ0) is 44.7. The Labute approximate surface area is 387 Å². The summed E-state index contributed by atoms with van der Waals surface area (Å²) in [4.78, 5) is 5.27. The van der Waals surface area contributed by atoms with Crippen LogP contribution < -0.4 is 20.6 Å². The van der Waals surface area contributed by atoms with Gasteiger partial charge in [0.05, 0.1) is 5.69 Å². The summed E-state index contributed by atoms with van der Waals surface area (Å²) in [7, 11) is 0. The lowest BCUT2D eigenvalue weighted by molar-refractivity contribution is 0.590. The summed E-state index contributed by atoms with van der Waals surface area (Å²) >= 11 is 1.91. The summed E-state index contributed by atoms with van der Waals surface area (Å²) in [6.07, 6.45) is 0. The van der Waals surface area contributed by atoms with E-state index >= 15 is 0 Å². The normalized spacial score (nSPS) is 13.8. The van der Waals surface area contributed by atoms with Crippen molar-refractivity contribution < 1.29 is 4.42 Å². The second-order valence-electron chi connectivity index (χ2n) is 21.4. The van der Waals surface area contributed by atoms with E-state index in [4.69, 9.17) is 4.42 Å². The van der Waals surface area contributed by atoms with Crippen molar-refractivity contribution in [3.63, 3.8) is 0 Å². The monoisotopic (exact) mass is 860 g/mol. The van der Waals surface area contributed by atoms with Crippen LogP contribution in [0.2, 0.25) is 0 Å². The quantitative estimate of drug-likeness (QED) is 0.165. The van der Waals surface area contributed by atoms with Gasteiger partial charge in [0.1, 0.15) is 11.2 Å². The van der Waals surface area contributed by atoms with Crippen molar-refractivity contribution >= 4 is 99.7 Å².